The Hall–Kier alpha value is -5.17. The number of nitrogens with one attached hydrogen (secondary N) is 1. The summed E-state index contributed by atoms with van der Waals surface area (Å²) in [5.74, 6) is -1.07. The van der Waals surface area contributed by atoms with E-state index in [0.717, 1.165) is 44.3 Å². The number of anilines is 1. The molecular weight excluding hydrogens is 652 g/mol. The summed E-state index contributed by atoms with van der Waals surface area (Å²) >= 11 is 0. The Morgan fingerprint density at radius 2 is 1.90 bits per heavy atom. The number of aromatic nitrogens is 9. The zero-order valence-corrected chi connectivity index (χ0v) is 27.0. The first-order valence-electron chi connectivity index (χ1n) is 15.3. The summed E-state index contributed by atoms with van der Waals surface area (Å²) in [7, 11) is 4.13. The van der Waals surface area contributed by atoms with Gasteiger partial charge in [0.15, 0.2) is 11.5 Å². The molecule has 260 valence electrons. The molecule has 1 N–H and O–H groups in total. The van der Waals surface area contributed by atoms with Crippen molar-refractivity contribution in [3.63, 3.8) is 0 Å². The second-order valence-electron chi connectivity index (χ2n) is 12.3. The van der Waals surface area contributed by atoms with Gasteiger partial charge in [-0.25, -0.2) is 9.50 Å². The van der Waals surface area contributed by atoms with Crippen LogP contribution in [0, 0.1) is 0 Å². The molecule has 0 bridgehead atoms. The van der Waals surface area contributed by atoms with Crippen LogP contribution < -0.4 is 14.8 Å². The molecule has 1 amide bonds. The van der Waals surface area contributed by atoms with E-state index in [9.17, 15) is 22.4 Å². The number of carbonyl (C=O) groups excluding carboxylic acids is 1. The van der Waals surface area contributed by atoms with Gasteiger partial charge in [-0.3, -0.25) is 14.4 Å². The van der Waals surface area contributed by atoms with Gasteiger partial charge in [0.05, 0.1) is 23.5 Å². The van der Waals surface area contributed by atoms with Gasteiger partial charge in [0.25, 0.3) is 5.91 Å². The predicted molar refractivity (Wildman–Crippen MR) is 167 cm³/mol. The summed E-state index contributed by atoms with van der Waals surface area (Å²) in [5.41, 5.74) is 0.265. The molecule has 15 nitrogen and oxygen atoms in total. The van der Waals surface area contributed by atoms with E-state index in [-0.39, 0.29) is 57.8 Å². The molecule has 5 aromatic rings. The molecule has 1 aliphatic rings. The van der Waals surface area contributed by atoms with Gasteiger partial charge in [-0.05, 0) is 63.8 Å². The minimum atomic E-state index is -3.24. The first-order chi connectivity index (χ1) is 23.4. The van der Waals surface area contributed by atoms with Crippen molar-refractivity contribution in [1.82, 2.24) is 54.4 Å². The van der Waals surface area contributed by atoms with E-state index >= 15 is 0 Å². The van der Waals surface area contributed by atoms with Crippen molar-refractivity contribution in [2.75, 3.05) is 39.0 Å². The summed E-state index contributed by atoms with van der Waals surface area (Å²) in [4.78, 5) is 23.7. The Morgan fingerprint density at radius 3 is 2.63 bits per heavy atom. The third-order valence-electron chi connectivity index (χ3n) is 8.47. The van der Waals surface area contributed by atoms with Crippen LogP contribution in [0.15, 0.2) is 49.1 Å². The van der Waals surface area contributed by atoms with Crippen LogP contribution in [0.25, 0.3) is 16.9 Å². The molecule has 49 heavy (non-hydrogen) atoms. The molecule has 0 atom stereocenters. The van der Waals surface area contributed by atoms with Crippen molar-refractivity contribution in [2.24, 2.45) is 0 Å². The van der Waals surface area contributed by atoms with Gasteiger partial charge in [0.2, 0.25) is 0 Å². The first kappa shape index (κ1) is 33.7. The molecule has 19 heteroatoms. The van der Waals surface area contributed by atoms with E-state index in [4.69, 9.17) is 0 Å². The minimum Gasteiger partial charge on any atom is -0.435 e. The van der Waals surface area contributed by atoms with Crippen molar-refractivity contribution >= 4 is 17.2 Å². The van der Waals surface area contributed by atoms with Crippen LogP contribution in [0.4, 0.5) is 23.2 Å². The van der Waals surface area contributed by atoms with E-state index in [1.54, 1.807) is 17.1 Å². The van der Waals surface area contributed by atoms with Crippen LogP contribution in [0.3, 0.4) is 0 Å². The van der Waals surface area contributed by atoms with E-state index in [2.05, 4.69) is 83.1 Å². The molecule has 6 rings (SSSR count). The summed E-state index contributed by atoms with van der Waals surface area (Å²) in [6.07, 6.45) is 6.85. The molecule has 0 aliphatic carbocycles. The number of benzene rings is 1. The van der Waals surface area contributed by atoms with Gasteiger partial charge >= 0.3 is 13.2 Å². The number of alkyl halides is 4. The molecule has 0 radical (unpaired) electrons. The fourth-order valence-electron chi connectivity index (χ4n) is 5.18. The van der Waals surface area contributed by atoms with E-state index in [0.29, 0.717) is 5.82 Å². The van der Waals surface area contributed by atoms with Gasteiger partial charge in [-0.2, -0.15) is 32.6 Å². The number of ether oxygens (including phenoxy) is 2. The maximum absolute atomic E-state index is 13.4. The fourth-order valence-corrected chi connectivity index (χ4v) is 5.18. The summed E-state index contributed by atoms with van der Waals surface area (Å²) < 4.78 is 64.9. The third kappa shape index (κ3) is 7.62. The Kier molecular flexibility index (Phi) is 9.46. The van der Waals surface area contributed by atoms with Crippen molar-refractivity contribution < 1.29 is 31.8 Å². The summed E-state index contributed by atoms with van der Waals surface area (Å²) in [5, 5.41) is 24.2. The van der Waals surface area contributed by atoms with Gasteiger partial charge in [0, 0.05) is 43.8 Å². The topological polar surface area (TPSA) is 146 Å². The highest BCUT2D eigenvalue weighted by Gasteiger charge is 2.32. The average molecular weight is 687 g/mol. The number of rotatable bonds is 14. The Morgan fingerprint density at radius 1 is 1.12 bits per heavy atom. The smallest absolute Gasteiger partial charge is 0.387 e. The molecule has 0 spiro atoms. The number of nitrogens with zero attached hydrogens (tertiary/aromatic N) is 11. The molecule has 1 aromatic carbocycles. The molecule has 5 heterocycles. The predicted octanol–water partition coefficient (Wildman–Crippen LogP) is 3.67. The first-order valence-corrected chi connectivity index (χ1v) is 15.3. The summed E-state index contributed by atoms with van der Waals surface area (Å²) in [6, 6.07) is 4.86. The Labute approximate surface area is 277 Å². The van der Waals surface area contributed by atoms with E-state index < -0.39 is 19.1 Å². The zero-order chi connectivity index (χ0) is 34.9. The van der Waals surface area contributed by atoms with Crippen molar-refractivity contribution in [1.29, 1.82) is 0 Å². The molecule has 0 saturated carbocycles. The number of hydrogen-bond acceptors (Lipinski definition) is 11. The van der Waals surface area contributed by atoms with Crippen molar-refractivity contribution in [3.05, 3.63) is 60.4 Å². The van der Waals surface area contributed by atoms with Crippen molar-refractivity contribution in [3.8, 4) is 22.8 Å². The average Bonchev–Trinajstić information content (AvgIpc) is 3.75. The molecule has 1 fully saturated rings. The van der Waals surface area contributed by atoms with Gasteiger partial charge in [0.1, 0.15) is 29.3 Å². The number of amides is 1. The SMILES string of the molecule is CN(C)C(C)(C)CCN1CC(n2nnc(Cn3cc(NC(=O)c4cnn5cccnc45)c(-c4cc(OC(F)F)ccc4OC(F)F)n3)n2)C1. The second-order valence-corrected chi connectivity index (χ2v) is 12.3. The van der Waals surface area contributed by atoms with Gasteiger partial charge in [-0.1, -0.05) is 0 Å². The lowest BCUT2D eigenvalue weighted by Gasteiger charge is -2.41. The standard InChI is InChI=1S/C30H34F4N12O3/c1-30(2,42(3)4)8-11-43-14-18(15-43)46-39-24(38-41-46)17-44-16-22(37-27(47)21-13-36-45-10-5-9-35-26(21)45)25(40-44)20-12-19(48-28(31)32)6-7-23(20)49-29(33)34/h5-7,9-10,12-13,16,18,28-29H,8,11,14-15,17H2,1-4H3,(H,37,47). The lowest BCUT2D eigenvalue weighted by atomic mass is 9.97. The van der Waals surface area contributed by atoms with Crippen LogP contribution in [-0.2, 0) is 6.54 Å². The second kappa shape index (κ2) is 13.7. The van der Waals surface area contributed by atoms with E-state index in [1.165, 1.54) is 27.8 Å². The highest BCUT2D eigenvalue weighted by atomic mass is 19.3. The van der Waals surface area contributed by atoms with Crippen LogP contribution in [0.1, 0.15) is 42.5 Å². The minimum absolute atomic E-state index is 0.0210. The van der Waals surface area contributed by atoms with Crippen LogP contribution >= 0.6 is 0 Å². The largest absolute Gasteiger partial charge is 0.435 e. The zero-order valence-electron chi connectivity index (χ0n) is 27.0. The molecule has 1 aliphatic heterocycles. The van der Waals surface area contributed by atoms with E-state index in [1.807, 2.05) is 0 Å². The number of halogens is 4. The number of likely N-dealkylation sites (tertiary alicyclic amines) is 1. The number of carbonyl (C=O) groups is 1. The van der Waals surface area contributed by atoms with Gasteiger partial charge < -0.3 is 19.7 Å². The van der Waals surface area contributed by atoms with Crippen LogP contribution in [-0.4, -0.2) is 113 Å². The number of hydrogen-bond donors (Lipinski definition) is 1. The molecule has 1 saturated heterocycles. The maximum atomic E-state index is 13.4. The lowest BCUT2D eigenvalue weighted by molar-refractivity contribution is -0.0526. The van der Waals surface area contributed by atoms with Gasteiger partial charge in [-0.15, -0.1) is 10.2 Å². The highest BCUT2D eigenvalue weighted by Crippen LogP contribution is 2.38. The van der Waals surface area contributed by atoms with Crippen LogP contribution in [0.2, 0.25) is 0 Å². The highest BCUT2D eigenvalue weighted by molar-refractivity contribution is 6.09. The Balaban J connectivity index is 1.26. The lowest BCUT2D eigenvalue weighted by Crippen LogP contribution is -2.51. The third-order valence-corrected chi connectivity index (χ3v) is 8.47. The number of tetrazole rings is 1. The molecule has 4 aromatic heterocycles. The maximum Gasteiger partial charge on any atom is 0.387 e. The van der Waals surface area contributed by atoms with Crippen LogP contribution in [0.5, 0.6) is 11.5 Å². The monoisotopic (exact) mass is 686 g/mol. The van der Waals surface area contributed by atoms with Crippen molar-refractivity contribution in [2.45, 2.75) is 51.6 Å². The Bertz CT molecular complexity index is 1920. The molecule has 0 unspecified atom stereocenters. The fraction of sp³-hybridized carbons (Fsp3) is 0.433. The normalized spacial score (nSPS) is 14.3. The number of fused-ring (bicyclic) bond motifs is 1. The quantitative estimate of drug-likeness (QED) is 0.171. The molecular formula is C30H34F4N12O3. The summed E-state index contributed by atoms with van der Waals surface area (Å²) in [6.45, 7) is 0.415.